The number of carbonyl (C=O) groups is 2. The van der Waals surface area contributed by atoms with Crippen molar-refractivity contribution in [2.45, 2.75) is 96.4 Å². The molecule has 2 heterocycles. The van der Waals surface area contributed by atoms with Crippen molar-refractivity contribution in [2.75, 3.05) is 13.1 Å². The van der Waals surface area contributed by atoms with Crippen LogP contribution >= 0.6 is 0 Å². The topological polar surface area (TPSA) is 91.6 Å². The molecule has 1 aliphatic carbocycles. The lowest BCUT2D eigenvalue weighted by molar-refractivity contribution is -0.139. The number of aliphatic carboxylic acids is 1. The SMILES string of the molecule is C#Cc1cc(-c2c(C)cc(F)cc2C)c(F)c([C@H](CC(=O)O)NC(=O)[C@@H](CC(C)C)n2cc(C3CCN(C4CC4)CC3)c(C(F)(F)F)cc2=O)c1F. The molecule has 1 amide bonds. The number of terminal acetylenes is 1. The highest BCUT2D eigenvalue weighted by Gasteiger charge is 2.40. The Balaban J connectivity index is 1.59. The lowest BCUT2D eigenvalue weighted by Crippen LogP contribution is -2.41. The highest BCUT2D eigenvalue weighted by Crippen LogP contribution is 2.41. The van der Waals surface area contributed by atoms with Gasteiger partial charge in [0.15, 0.2) is 0 Å². The zero-order valence-electron chi connectivity index (χ0n) is 29.3. The fraction of sp³-hybridized carbons (Fsp3) is 0.462. The molecule has 5 rings (SSSR count). The van der Waals surface area contributed by atoms with E-state index in [0.717, 1.165) is 41.8 Å². The van der Waals surface area contributed by atoms with Gasteiger partial charge in [-0.05, 0) is 111 Å². The number of amides is 1. The van der Waals surface area contributed by atoms with Gasteiger partial charge in [-0.1, -0.05) is 19.8 Å². The number of nitrogens with zero attached hydrogens (tertiary/aromatic N) is 2. The van der Waals surface area contributed by atoms with Gasteiger partial charge in [0.1, 0.15) is 23.5 Å². The molecule has 1 saturated carbocycles. The molecule has 1 aromatic heterocycles. The fourth-order valence-electron chi connectivity index (χ4n) is 7.44. The van der Waals surface area contributed by atoms with Crippen molar-refractivity contribution in [3.63, 3.8) is 0 Å². The number of alkyl halides is 3. The summed E-state index contributed by atoms with van der Waals surface area (Å²) >= 11 is 0. The van der Waals surface area contributed by atoms with Crippen LogP contribution in [0.15, 0.2) is 35.3 Å². The van der Waals surface area contributed by atoms with Gasteiger partial charge in [-0.3, -0.25) is 14.4 Å². The van der Waals surface area contributed by atoms with E-state index >= 15 is 8.78 Å². The number of hydrogen-bond donors (Lipinski definition) is 2. The maximum atomic E-state index is 16.5. The third kappa shape index (κ3) is 8.22. The van der Waals surface area contributed by atoms with Gasteiger partial charge in [-0.2, -0.15) is 13.2 Å². The number of aryl methyl sites for hydroxylation is 2. The molecule has 3 aromatic rings. The summed E-state index contributed by atoms with van der Waals surface area (Å²) in [6.07, 6.45) is 3.61. The minimum absolute atomic E-state index is 0.0783. The van der Waals surface area contributed by atoms with Crippen molar-refractivity contribution >= 4 is 11.9 Å². The number of aromatic nitrogens is 1. The Kier molecular flexibility index (Phi) is 11.3. The van der Waals surface area contributed by atoms with E-state index in [1.807, 2.05) is 0 Å². The molecule has 0 radical (unpaired) electrons. The number of benzene rings is 2. The molecular weight excluding hydrogens is 688 g/mol. The smallest absolute Gasteiger partial charge is 0.416 e. The summed E-state index contributed by atoms with van der Waals surface area (Å²) in [5, 5.41) is 12.2. The van der Waals surface area contributed by atoms with Gasteiger partial charge in [0.25, 0.3) is 5.56 Å². The number of hydrogen-bond acceptors (Lipinski definition) is 4. The largest absolute Gasteiger partial charge is 0.481 e. The third-order valence-corrected chi connectivity index (χ3v) is 9.98. The molecule has 7 nitrogen and oxygen atoms in total. The first-order valence-corrected chi connectivity index (χ1v) is 17.3. The predicted molar refractivity (Wildman–Crippen MR) is 183 cm³/mol. The number of carboxylic acids is 1. The number of carbonyl (C=O) groups excluding carboxylic acids is 1. The molecule has 2 aromatic carbocycles. The monoisotopic (exact) mass is 729 g/mol. The second-order valence-corrected chi connectivity index (χ2v) is 14.3. The molecule has 0 unspecified atom stereocenters. The number of likely N-dealkylation sites (tertiary alicyclic amines) is 1. The molecule has 2 aliphatic rings. The van der Waals surface area contributed by atoms with E-state index in [0.29, 0.717) is 38.0 Å². The lowest BCUT2D eigenvalue weighted by atomic mass is 9.87. The summed E-state index contributed by atoms with van der Waals surface area (Å²) in [4.78, 5) is 41.9. The Labute approximate surface area is 298 Å². The first-order chi connectivity index (χ1) is 24.4. The number of halogens is 6. The maximum Gasteiger partial charge on any atom is 0.416 e. The van der Waals surface area contributed by atoms with Crippen LogP contribution in [0.1, 0.15) is 104 Å². The second-order valence-electron chi connectivity index (χ2n) is 14.3. The van der Waals surface area contributed by atoms with E-state index < -0.39 is 82.2 Å². The molecule has 0 spiro atoms. The Bertz CT molecular complexity index is 1950. The highest BCUT2D eigenvalue weighted by molar-refractivity contribution is 5.82. The molecule has 2 N–H and O–H groups in total. The third-order valence-electron chi connectivity index (χ3n) is 9.98. The van der Waals surface area contributed by atoms with E-state index in [9.17, 15) is 37.1 Å². The highest BCUT2D eigenvalue weighted by atomic mass is 19.4. The average molecular weight is 730 g/mol. The average Bonchev–Trinajstić information content (AvgIpc) is 3.89. The van der Waals surface area contributed by atoms with Crippen LogP contribution < -0.4 is 10.9 Å². The van der Waals surface area contributed by atoms with Crippen LogP contribution in [0, 0.1) is 49.6 Å². The zero-order valence-corrected chi connectivity index (χ0v) is 29.3. The van der Waals surface area contributed by atoms with Gasteiger partial charge < -0.3 is 19.9 Å². The van der Waals surface area contributed by atoms with Gasteiger partial charge in [-0.15, -0.1) is 6.42 Å². The summed E-state index contributed by atoms with van der Waals surface area (Å²) in [5.41, 5.74) is -3.14. The van der Waals surface area contributed by atoms with Gasteiger partial charge in [0.05, 0.1) is 23.6 Å². The van der Waals surface area contributed by atoms with Crippen LogP contribution in [0.4, 0.5) is 26.3 Å². The van der Waals surface area contributed by atoms with Crippen molar-refractivity contribution < 1.29 is 41.0 Å². The van der Waals surface area contributed by atoms with Crippen molar-refractivity contribution in [2.24, 2.45) is 5.92 Å². The summed E-state index contributed by atoms with van der Waals surface area (Å²) in [5.74, 6) is -4.46. The minimum atomic E-state index is -4.85. The van der Waals surface area contributed by atoms with E-state index in [1.54, 1.807) is 13.8 Å². The Morgan fingerprint density at radius 2 is 1.62 bits per heavy atom. The van der Waals surface area contributed by atoms with Gasteiger partial charge >= 0.3 is 12.1 Å². The molecule has 52 heavy (non-hydrogen) atoms. The standard InChI is InChI=1S/C39H41F6N3O4/c1-6-23-16-27(34-21(4)14-25(40)15-22(34)5)37(42)35(36(23)41)30(18-33(50)51)46-38(52)31(13-20(2)3)48-19-28(29(17-32(48)49)39(43,44)45)24-9-11-47(12-10-24)26-7-8-26/h1,14-17,19-20,24,26,30-31H,7-13,18H2,2-5H3,(H,46,52)(H,50,51)/t30-,31+/m0/s1. The molecule has 2 fully saturated rings. The normalized spacial score (nSPS) is 16.8. The van der Waals surface area contributed by atoms with Crippen LogP contribution in [0.2, 0.25) is 0 Å². The van der Waals surface area contributed by atoms with E-state index in [4.69, 9.17) is 6.42 Å². The van der Waals surface area contributed by atoms with E-state index in [-0.39, 0.29) is 40.2 Å². The molecule has 0 bridgehead atoms. The van der Waals surface area contributed by atoms with Gasteiger partial charge in [0.2, 0.25) is 5.91 Å². The molecule has 2 atom stereocenters. The van der Waals surface area contributed by atoms with E-state index in [1.165, 1.54) is 13.8 Å². The second kappa shape index (κ2) is 15.2. The first-order valence-electron chi connectivity index (χ1n) is 17.3. The maximum absolute atomic E-state index is 16.5. The summed E-state index contributed by atoms with van der Waals surface area (Å²) in [7, 11) is 0. The predicted octanol–water partition coefficient (Wildman–Crippen LogP) is 7.81. The van der Waals surface area contributed by atoms with Crippen LogP contribution in [0.25, 0.3) is 11.1 Å². The van der Waals surface area contributed by atoms with Gasteiger partial charge in [-0.25, -0.2) is 13.2 Å². The fourth-order valence-corrected chi connectivity index (χ4v) is 7.44. The van der Waals surface area contributed by atoms with Crippen LogP contribution in [0.3, 0.4) is 0 Å². The van der Waals surface area contributed by atoms with Crippen molar-refractivity contribution in [1.29, 1.82) is 0 Å². The van der Waals surface area contributed by atoms with Crippen LogP contribution in [-0.4, -0.2) is 45.6 Å². The summed E-state index contributed by atoms with van der Waals surface area (Å²) < 4.78 is 90.6. The number of carboxylic acid groups (broad SMARTS) is 1. The zero-order chi connectivity index (χ0) is 38.2. The van der Waals surface area contributed by atoms with Crippen LogP contribution in [-0.2, 0) is 15.8 Å². The summed E-state index contributed by atoms with van der Waals surface area (Å²) in [6.45, 7) is 7.62. The van der Waals surface area contributed by atoms with Crippen molar-refractivity contribution in [3.8, 4) is 23.5 Å². The molecule has 13 heteroatoms. The quantitative estimate of drug-likeness (QED) is 0.155. The van der Waals surface area contributed by atoms with E-state index in [2.05, 4.69) is 16.1 Å². The molecule has 278 valence electrons. The Hall–Kier alpha value is -4.57. The van der Waals surface area contributed by atoms with Gasteiger partial charge in [0, 0.05) is 29.4 Å². The number of piperidine rings is 1. The van der Waals surface area contributed by atoms with Crippen LogP contribution in [0.5, 0.6) is 0 Å². The number of rotatable bonds is 11. The summed E-state index contributed by atoms with van der Waals surface area (Å²) in [6, 6.07) is 0.892. The minimum Gasteiger partial charge on any atom is -0.481 e. The Morgan fingerprint density at radius 3 is 2.13 bits per heavy atom. The molecular formula is C39H41F6N3O4. The molecule has 1 saturated heterocycles. The number of nitrogens with one attached hydrogen (secondary N) is 1. The number of pyridine rings is 1. The Morgan fingerprint density at radius 1 is 1.00 bits per heavy atom. The van der Waals surface area contributed by atoms with Crippen molar-refractivity contribution in [1.82, 2.24) is 14.8 Å². The molecule has 1 aliphatic heterocycles. The first kappa shape index (κ1) is 38.7. The van der Waals surface area contributed by atoms with Crippen molar-refractivity contribution in [3.05, 3.63) is 91.6 Å². The lowest BCUT2D eigenvalue weighted by Gasteiger charge is -2.34.